The lowest BCUT2D eigenvalue weighted by atomic mass is 9.83. The molecule has 18 heavy (non-hydrogen) atoms. The zero-order chi connectivity index (χ0) is 12.8. The van der Waals surface area contributed by atoms with Crippen LogP contribution < -0.4 is 5.32 Å². The molecule has 1 saturated carbocycles. The van der Waals surface area contributed by atoms with Crippen molar-refractivity contribution in [3.63, 3.8) is 0 Å². The van der Waals surface area contributed by atoms with E-state index in [2.05, 4.69) is 36.7 Å². The number of thiophene rings is 1. The fourth-order valence-electron chi connectivity index (χ4n) is 3.22. The molecule has 1 atom stereocenters. The van der Waals surface area contributed by atoms with E-state index in [4.69, 9.17) is 0 Å². The lowest BCUT2D eigenvalue weighted by Crippen LogP contribution is -2.40. The Labute approximate surface area is 116 Å². The van der Waals surface area contributed by atoms with Gasteiger partial charge < -0.3 is 5.32 Å². The Bertz CT molecular complexity index is 312. The molecular formula is C16H27NS. The molecule has 1 aromatic heterocycles. The van der Waals surface area contributed by atoms with E-state index in [1.165, 1.54) is 49.8 Å². The predicted octanol–water partition coefficient (Wildman–Crippen LogP) is 4.63. The fourth-order valence-corrected chi connectivity index (χ4v) is 4.05. The smallest absolute Gasteiger partial charge is 0.00896 e. The first-order chi connectivity index (χ1) is 8.78. The lowest BCUT2D eigenvalue weighted by molar-refractivity contribution is 0.265. The van der Waals surface area contributed by atoms with Crippen molar-refractivity contribution in [2.24, 2.45) is 5.92 Å². The van der Waals surface area contributed by atoms with Crippen LogP contribution in [0.4, 0.5) is 0 Å². The topological polar surface area (TPSA) is 12.0 Å². The Morgan fingerprint density at radius 2 is 2.11 bits per heavy atom. The molecule has 0 aliphatic heterocycles. The van der Waals surface area contributed by atoms with Crippen LogP contribution in [-0.2, 0) is 6.42 Å². The maximum atomic E-state index is 3.83. The van der Waals surface area contributed by atoms with Crippen LogP contribution in [-0.4, -0.2) is 12.1 Å². The number of hydrogen-bond acceptors (Lipinski definition) is 2. The predicted molar refractivity (Wildman–Crippen MR) is 81.3 cm³/mol. The maximum Gasteiger partial charge on any atom is 0.00896 e. The minimum absolute atomic E-state index is 0.622. The van der Waals surface area contributed by atoms with E-state index in [1.807, 2.05) is 11.3 Å². The van der Waals surface area contributed by atoms with E-state index < -0.39 is 0 Å². The first-order valence-corrected chi connectivity index (χ1v) is 8.44. The van der Waals surface area contributed by atoms with Gasteiger partial charge in [-0.1, -0.05) is 25.8 Å². The van der Waals surface area contributed by atoms with Crippen molar-refractivity contribution >= 4 is 11.3 Å². The standard InChI is InChI=1S/C16H27NS/c1-3-5-14-7-9-15(10-8-14)17-13(2)12-16-6-4-11-18-16/h4,6,11,13-15,17H,3,5,7-10,12H2,1-2H3. The van der Waals surface area contributed by atoms with Gasteiger partial charge in [-0.25, -0.2) is 0 Å². The Kier molecular flexibility index (Phi) is 5.71. The van der Waals surface area contributed by atoms with Gasteiger partial charge in [0.25, 0.3) is 0 Å². The van der Waals surface area contributed by atoms with Crippen LogP contribution in [0, 0.1) is 5.92 Å². The van der Waals surface area contributed by atoms with Gasteiger partial charge in [0.05, 0.1) is 0 Å². The van der Waals surface area contributed by atoms with Gasteiger partial charge in [-0.3, -0.25) is 0 Å². The summed E-state index contributed by atoms with van der Waals surface area (Å²) in [4.78, 5) is 1.51. The summed E-state index contributed by atoms with van der Waals surface area (Å²) in [5.41, 5.74) is 0. The Balaban J connectivity index is 1.68. The molecule has 1 fully saturated rings. The average Bonchev–Trinajstić information content (AvgIpc) is 2.84. The van der Waals surface area contributed by atoms with Crippen molar-refractivity contribution in [3.8, 4) is 0 Å². The molecule has 1 nitrogen and oxygen atoms in total. The highest BCUT2D eigenvalue weighted by Crippen LogP contribution is 2.28. The summed E-state index contributed by atoms with van der Waals surface area (Å²) < 4.78 is 0. The largest absolute Gasteiger partial charge is 0.311 e. The molecule has 1 N–H and O–H groups in total. The second-order valence-electron chi connectivity index (χ2n) is 5.86. The highest BCUT2D eigenvalue weighted by atomic mass is 32.1. The molecule has 1 aromatic rings. The van der Waals surface area contributed by atoms with Crippen LogP contribution in [0.1, 0.15) is 57.2 Å². The molecule has 1 aliphatic rings. The average molecular weight is 265 g/mol. The quantitative estimate of drug-likeness (QED) is 0.791. The number of rotatable bonds is 6. The van der Waals surface area contributed by atoms with Gasteiger partial charge in [0, 0.05) is 17.0 Å². The summed E-state index contributed by atoms with van der Waals surface area (Å²) in [7, 11) is 0. The monoisotopic (exact) mass is 265 g/mol. The lowest BCUT2D eigenvalue weighted by Gasteiger charge is -2.31. The highest BCUT2D eigenvalue weighted by molar-refractivity contribution is 7.09. The molecule has 0 radical (unpaired) electrons. The van der Waals surface area contributed by atoms with Crippen LogP contribution in [0.3, 0.4) is 0 Å². The fraction of sp³-hybridized carbons (Fsp3) is 0.750. The molecule has 0 bridgehead atoms. The maximum absolute atomic E-state index is 3.83. The van der Waals surface area contributed by atoms with Crippen molar-refractivity contribution in [3.05, 3.63) is 22.4 Å². The molecule has 102 valence electrons. The molecule has 0 saturated heterocycles. The van der Waals surface area contributed by atoms with Crippen LogP contribution in [0.5, 0.6) is 0 Å². The molecule has 0 amide bonds. The van der Waals surface area contributed by atoms with Crippen LogP contribution in [0.2, 0.25) is 0 Å². The van der Waals surface area contributed by atoms with Gasteiger partial charge in [0.2, 0.25) is 0 Å². The van der Waals surface area contributed by atoms with E-state index in [0.717, 1.165) is 12.0 Å². The van der Waals surface area contributed by atoms with Gasteiger partial charge in [0.1, 0.15) is 0 Å². The molecular weight excluding hydrogens is 238 g/mol. The number of nitrogens with one attached hydrogen (secondary N) is 1. The molecule has 0 aromatic carbocycles. The zero-order valence-electron chi connectivity index (χ0n) is 11.8. The Morgan fingerprint density at radius 1 is 1.33 bits per heavy atom. The molecule has 2 heteroatoms. The third-order valence-corrected chi connectivity index (χ3v) is 5.05. The SMILES string of the molecule is CCCC1CCC(NC(C)Cc2cccs2)CC1. The van der Waals surface area contributed by atoms with Crippen molar-refractivity contribution < 1.29 is 0 Å². The zero-order valence-corrected chi connectivity index (χ0v) is 12.6. The minimum Gasteiger partial charge on any atom is -0.311 e. The summed E-state index contributed by atoms with van der Waals surface area (Å²) >= 11 is 1.88. The summed E-state index contributed by atoms with van der Waals surface area (Å²) in [6.07, 6.45) is 9.65. The van der Waals surface area contributed by atoms with Crippen LogP contribution in [0.15, 0.2) is 17.5 Å². The Hall–Kier alpha value is -0.340. The third-order valence-electron chi connectivity index (χ3n) is 4.15. The molecule has 1 unspecified atom stereocenters. The van der Waals surface area contributed by atoms with Gasteiger partial charge in [-0.05, 0) is 56.4 Å². The summed E-state index contributed by atoms with van der Waals surface area (Å²) in [6, 6.07) is 5.80. The molecule has 0 spiro atoms. The third kappa shape index (κ3) is 4.40. The van der Waals surface area contributed by atoms with E-state index in [-0.39, 0.29) is 0 Å². The first kappa shape index (κ1) is 14.1. The van der Waals surface area contributed by atoms with E-state index in [9.17, 15) is 0 Å². The minimum atomic E-state index is 0.622. The van der Waals surface area contributed by atoms with Crippen LogP contribution in [0.25, 0.3) is 0 Å². The summed E-state index contributed by atoms with van der Waals surface area (Å²) in [5.74, 6) is 1.01. The van der Waals surface area contributed by atoms with Crippen molar-refractivity contribution in [1.82, 2.24) is 5.32 Å². The second kappa shape index (κ2) is 7.30. The van der Waals surface area contributed by atoms with E-state index >= 15 is 0 Å². The van der Waals surface area contributed by atoms with Gasteiger partial charge in [-0.15, -0.1) is 11.3 Å². The Morgan fingerprint density at radius 3 is 2.72 bits per heavy atom. The van der Waals surface area contributed by atoms with Crippen LogP contribution >= 0.6 is 11.3 Å². The van der Waals surface area contributed by atoms with E-state index in [0.29, 0.717) is 6.04 Å². The van der Waals surface area contributed by atoms with Gasteiger partial charge >= 0.3 is 0 Å². The molecule has 1 aliphatic carbocycles. The van der Waals surface area contributed by atoms with Crippen molar-refractivity contribution in [2.75, 3.05) is 0 Å². The molecule has 2 rings (SSSR count). The van der Waals surface area contributed by atoms with Gasteiger partial charge in [-0.2, -0.15) is 0 Å². The van der Waals surface area contributed by atoms with Gasteiger partial charge in [0.15, 0.2) is 0 Å². The van der Waals surface area contributed by atoms with E-state index in [1.54, 1.807) is 0 Å². The second-order valence-corrected chi connectivity index (χ2v) is 6.89. The first-order valence-electron chi connectivity index (χ1n) is 7.56. The number of hydrogen-bond donors (Lipinski definition) is 1. The summed E-state index contributed by atoms with van der Waals surface area (Å²) in [5, 5.41) is 6.00. The van der Waals surface area contributed by atoms with Crippen molar-refractivity contribution in [1.29, 1.82) is 0 Å². The normalized spacial score (nSPS) is 26.1. The van der Waals surface area contributed by atoms with Crippen molar-refractivity contribution in [2.45, 2.75) is 70.9 Å². The molecule has 1 heterocycles. The summed E-state index contributed by atoms with van der Waals surface area (Å²) in [6.45, 7) is 4.64. The highest BCUT2D eigenvalue weighted by Gasteiger charge is 2.21.